The number of rotatable bonds is 3. The van der Waals surface area contributed by atoms with Gasteiger partial charge in [0, 0.05) is 16.5 Å². The lowest BCUT2D eigenvalue weighted by Gasteiger charge is -2.21. The van der Waals surface area contributed by atoms with Gasteiger partial charge in [-0.15, -0.1) is 0 Å². The minimum atomic E-state index is -2.45. The van der Waals surface area contributed by atoms with Crippen molar-refractivity contribution in [3.8, 4) is 16.9 Å². The van der Waals surface area contributed by atoms with Crippen LogP contribution in [0.15, 0.2) is 48.5 Å². The summed E-state index contributed by atoms with van der Waals surface area (Å²) < 4.78 is 12.9. The molecule has 2 nitrogen and oxygen atoms in total. The van der Waals surface area contributed by atoms with E-state index in [4.69, 9.17) is 0 Å². The molecule has 0 saturated carbocycles. The Morgan fingerprint density at radius 3 is 2.05 bits per heavy atom. The van der Waals surface area contributed by atoms with Crippen molar-refractivity contribution in [3.05, 3.63) is 48.5 Å². The molecule has 2 rings (SSSR count). The van der Waals surface area contributed by atoms with Crippen LogP contribution in [0.2, 0.25) is 0 Å². The van der Waals surface area contributed by atoms with Gasteiger partial charge in [0.1, 0.15) is 12.9 Å². The molecule has 2 aromatic carbocycles. The molecule has 0 fully saturated rings. The summed E-state index contributed by atoms with van der Waals surface area (Å²) in [4.78, 5) is 0. The third kappa shape index (κ3) is 2.59. The summed E-state index contributed by atoms with van der Waals surface area (Å²) in [5.41, 5.74) is 1.68. The van der Waals surface area contributed by atoms with Crippen molar-refractivity contribution in [1.82, 2.24) is 0 Å². The first-order valence-corrected chi connectivity index (χ1v) is 8.62. The zero-order valence-electron chi connectivity index (χ0n) is 11.5. The molecule has 0 aliphatic carbocycles. The van der Waals surface area contributed by atoms with Crippen molar-refractivity contribution in [1.29, 1.82) is 0 Å². The van der Waals surface area contributed by atoms with Gasteiger partial charge < -0.3 is 9.67 Å². The molecule has 100 valence electrons. The van der Waals surface area contributed by atoms with E-state index >= 15 is 0 Å². The second-order valence-corrected chi connectivity index (χ2v) is 8.61. The van der Waals surface area contributed by atoms with E-state index in [0.29, 0.717) is 0 Å². The summed E-state index contributed by atoms with van der Waals surface area (Å²) in [5, 5.41) is 10.8. The minimum absolute atomic E-state index is 0.0829. The Bertz CT molecular complexity index is 632. The van der Waals surface area contributed by atoms with Gasteiger partial charge in [0.25, 0.3) is 0 Å². The van der Waals surface area contributed by atoms with Crippen LogP contribution in [-0.4, -0.2) is 17.4 Å². The molecule has 0 bridgehead atoms. The second-order valence-electron chi connectivity index (χ2n) is 5.12. The standard InChI is InChI=1S/C16H19O2P/c1-12(2)19(3,18)16-11-7-5-9-14(16)13-8-4-6-10-15(13)17/h4-12,17H,1-3H3/t19-/m0/s1. The van der Waals surface area contributed by atoms with E-state index in [1.807, 2.05) is 56.9 Å². The van der Waals surface area contributed by atoms with E-state index in [9.17, 15) is 9.67 Å². The van der Waals surface area contributed by atoms with Gasteiger partial charge in [-0.1, -0.05) is 56.3 Å². The van der Waals surface area contributed by atoms with E-state index in [-0.39, 0.29) is 11.4 Å². The average molecular weight is 274 g/mol. The first-order valence-electron chi connectivity index (χ1n) is 6.39. The van der Waals surface area contributed by atoms with Crippen LogP contribution in [0.5, 0.6) is 5.75 Å². The zero-order chi connectivity index (χ0) is 14.0. The number of aromatic hydroxyl groups is 1. The molecule has 0 unspecified atom stereocenters. The third-order valence-electron chi connectivity index (χ3n) is 3.56. The van der Waals surface area contributed by atoms with Gasteiger partial charge in [-0.05, 0) is 18.3 Å². The Morgan fingerprint density at radius 2 is 1.47 bits per heavy atom. The van der Waals surface area contributed by atoms with Crippen LogP contribution in [0.4, 0.5) is 0 Å². The number of hydrogen-bond donors (Lipinski definition) is 1. The van der Waals surface area contributed by atoms with Gasteiger partial charge in [-0.25, -0.2) is 0 Å². The number of benzene rings is 2. The highest BCUT2D eigenvalue weighted by Crippen LogP contribution is 2.48. The monoisotopic (exact) mass is 274 g/mol. The maximum atomic E-state index is 12.9. The smallest absolute Gasteiger partial charge is 0.123 e. The Balaban J connectivity index is 2.68. The highest BCUT2D eigenvalue weighted by atomic mass is 31.2. The van der Waals surface area contributed by atoms with Crippen molar-refractivity contribution >= 4 is 12.4 Å². The number of phenolic OH excluding ortho intramolecular Hbond substituents is 1. The quantitative estimate of drug-likeness (QED) is 0.856. The molecule has 0 aliphatic rings. The maximum Gasteiger partial charge on any atom is 0.123 e. The Kier molecular flexibility index (Phi) is 3.82. The van der Waals surface area contributed by atoms with Gasteiger partial charge in [-0.2, -0.15) is 0 Å². The minimum Gasteiger partial charge on any atom is -0.507 e. The average Bonchev–Trinajstić information content (AvgIpc) is 2.39. The van der Waals surface area contributed by atoms with E-state index in [2.05, 4.69) is 0 Å². The highest BCUT2D eigenvalue weighted by molar-refractivity contribution is 7.71. The molecule has 0 aromatic heterocycles. The molecule has 0 aliphatic heterocycles. The molecule has 19 heavy (non-hydrogen) atoms. The van der Waals surface area contributed by atoms with Gasteiger partial charge in [0.2, 0.25) is 0 Å². The molecule has 1 atom stereocenters. The molecule has 0 heterocycles. The Labute approximate surface area is 114 Å². The van der Waals surface area contributed by atoms with E-state index in [1.54, 1.807) is 12.1 Å². The molecule has 0 amide bonds. The molecule has 0 saturated heterocycles. The van der Waals surface area contributed by atoms with E-state index < -0.39 is 7.14 Å². The maximum absolute atomic E-state index is 12.9. The molecule has 2 aromatic rings. The van der Waals surface area contributed by atoms with E-state index in [1.165, 1.54) is 0 Å². The fraction of sp³-hybridized carbons (Fsp3) is 0.250. The summed E-state index contributed by atoms with van der Waals surface area (Å²) in [5.74, 6) is 0.221. The third-order valence-corrected chi connectivity index (χ3v) is 6.88. The van der Waals surface area contributed by atoms with E-state index in [0.717, 1.165) is 16.4 Å². The van der Waals surface area contributed by atoms with Gasteiger partial charge in [0.15, 0.2) is 0 Å². The fourth-order valence-electron chi connectivity index (χ4n) is 2.07. The largest absolute Gasteiger partial charge is 0.507 e. The summed E-state index contributed by atoms with van der Waals surface area (Å²) in [7, 11) is -2.45. The molecule has 0 radical (unpaired) electrons. The SMILES string of the molecule is CC(C)[P@](C)(=O)c1ccccc1-c1ccccc1O. The predicted molar refractivity (Wildman–Crippen MR) is 81.8 cm³/mol. The Morgan fingerprint density at radius 1 is 0.947 bits per heavy atom. The topological polar surface area (TPSA) is 37.3 Å². The molecular weight excluding hydrogens is 255 g/mol. The molecular formula is C16H19O2P. The van der Waals surface area contributed by atoms with Crippen LogP contribution in [0, 0.1) is 0 Å². The molecule has 3 heteroatoms. The van der Waals surface area contributed by atoms with Crippen LogP contribution in [0.25, 0.3) is 11.1 Å². The van der Waals surface area contributed by atoms with Gasteiger partial charge in [0.05, 0.1) is 0 Å². The van der Waals surface area contributed by atoms with Crippen LogP contribution in [0.3, 0.4) is 0 Å². The second kappa shape index (κ2) is 5.22. The summed E-state index contributed by atoms with van der Waals surface area (Å²) in [6, 6.07) is 14.8. The lowest BCUT2D eigenvalue weighted by atomic mass is 10.0. The molecule has 1 N–H and O–H groups in total. The lowest BCUT2D eigenvalue weighted by Crippen LogP contribution is -2.14. The van der Waals surface area contributed by atoms with Crippen LogP contribution < -0.4 is 5.30 Å². The molecule has 0 spiro atoms. The summed E-state index contributed by atoms with van der Waals surface area (Å²) >= 11 is 0. The lowest BCUT2D eigenvalue weighted by molar-refractivity contribution is 0.477. The zero-order valence-corrected chi connectivity index (χ0v) is 12.4. The fourth-order valence-corrected chi connectivity index (χ4v) is 3.68. The van der Waals surface area contributed by atoms with Crippen LogP contribution >= 0.6 is 7.14 Å². The number of para-hydroxylation sites is 1. The van der Waals surface area contributed by atoms with Crippen molar-refractivity contribution < 1.29 is 9.67 Å². The first kappa shape index (κ1) is 13.9. The number of phenols is 1. The summed E-state index contributed by atoms with van der Waals surface area (Å²) in [6.07, 6.45) is 0. The first-order chi connectivity index (χ1) is 8.94. The number of hydrogen-bond acceptors (Lipinski definition) is 2. The van der Waals surface area contributed by atoms with Crippen molar-refractivity contribution in [2.24, 2.45) is 0 Å². The highest BCUT2D eigenvalue weighted by Gasteiger charge is 2.26. The summed E-state index contributed by atoms with van der Waals surface area (Å²) in [6.45, 7) is 5.77. The Hall–Kier alpha value is -1.53. The van der Waals surface area contributed by atoms with Gasteiger partial charge in [-0.3, -0.25) is 0 Å². The normalized spacial score (nSPS) is 14.3. The predicted octanol–water partition coefficient (Wildman–Crippen LogP) is 4.09. The van der Waals surface area contributed by atoms with Crippen molar-refractivity contribution in [3.63, 3.8) is 0 Å². The van der Waals surface area contributed by atoms with Crippen molar-refractivity contribution in [2.45, 2.75) is 19.5 Å². The van der Waals surface area contributed by atoms with Crippen LogP contribution in [0.1, 0.15) is 13.8 Å². The van der Waals surface area contributed by atoms with Crippen molar-refractivity contribution in [2.75, 3.05) is 6.66 Å². The van der Waals surface area contributed by atoms with Crippen LogP contribution in [-0.2, 0) is 4.57 Å². The van der Waals surface area contributed by atoms with Gasteiger partial charge >= 0.3 is 0 Å².